The number of carbonyl (C=O) groups excluding carboxylic acids is 1. The van der Waals surface area contributed by atoms with Gasteiger partial charge in [0.15, 0.2) is 5.82 Å². The molecule has 0 saturated carbocycles. The number of imidazole rings is 1. The van der Waals surface area contributed by atoms with Crippen LogP contribution in [-0.4, -0.2) is 50.1 Å². The van der Waals surface area contributed by atoms with E-state index >= 15 is 0 Å². The smallest absolute Gasteiger partial charge is 0.222 e. The molecule has 0 aliphatic rings. The van der Waals surface area contributed by atoms with Crippen LogP contribution in [0.1, 0.15) is 45.0 Å². The molecular weight excluding hydrogens is 366 g/mol. The second-order valence-corrected chi connectivity index (χ2v) is 8.15. The van der Waals surface area contributed by atoms with E-state index in [2.05, 4.69) is 9.55 Å². The van der Waals surface area contributed by atoms with Crippen LogP contribution < -0.4 is 5.73 Å². The van der Waals surface area contributed by atoms with Crippen molar-refractivity contribution in [1.82, 2.24) is 19.4 Å². The fourth-order valence-electron chi connectivity index (χ4n) is 3.53. The first-order chi connectivity index (χ1) is 13.7. The fourth-order valence-corrected chi connectivity index (χ4v) is 3.53. The van der Waals surface area contributed by atoms with Gasteiger partial charge in [0.25, 0.3) is 0 Å². The summed E-state index contributed by atoms with van der Waals surface area (Å²) < 4.78 is 2.08. The number of aliphatic hydroxyl groups is 1. The van der Waals surface area contributed by atoms with Crippen LogP contribution in [0.15, 0.2) is 18.2 Å². The molecule has 0 aliphatic carbocycles. The second-order valence-electron chi connectivity index (χ2n) is 8.15. The summed E-state index contributed by atoms with van der Waals surface area (Å²) in [5.74, 6) is 1.37. The Hall–Kier alpha value is -2.67. The number of rotatable bonds is 7. The van der Waals surface area contributed by atoms with E-state index in [0.717, 1.165) is 34.2 Å². The molecule has 3 aromatic rings. The van der Waals surface area contributed by atoms with Gasteiger partial charge in [-0.2, -0.15) is 0 Å². The normalized spacial score (nSPS) is 13.7. The molecule has 3 N–H and O–H groups in total. The zero-order chi connectivity index (χ0) is 21.3. The van der Waals surface area contributed by atoms with Crippen LogP contribution in [0.5, 0.6) is 0 Å². The van der Waals surface area contributed by atoms with Crippen molar-refractivity contribution in [3.63, 3.8) is 0 Å². The molecule has 156 valence electrons. The molecule has 7 nitrogen and oxygen atoms in total. The third-order valence-electron chi connectivity index (χ3n) is 5.55. The number of hydrogen-bond donors (Lipinski definition) is 2. The van der Waals surface area contributed by atoms with Gasteiger partial charge in [0.1, 0.15) is 11.3 Å². The number of nitrogen functional groups attached to an aromatic ring is 1. The highest BCUT2D eigenvalue weighted by Gasteiger charge is 2.24. The number of aryl methyl sites for hydroxylation is 2. The molecule has 2 heterocycles. The molecule has 3 rings (SSSR count). The molecule has 0 fully saturated rings. The maximum absolute atomic E-state index is 11.9. The Kier molecular flexibility index (Phi) is 5.80. The summed E-state index contributed by atoms with van der Waals surface area (Å²) in [7, 11) is 3.53. The molecule has 0 saturated heterocycles. The number of amides is 1. The van der Waals surface area contributed by atoms with E-state index in [-0.39, 0.29) is 5.91 Å². The summed E-state index contributed by atoms with van der Waals surface area (Å²) in [6, 6.07) is 6.05. The number of pyridine rings is 1. The van der Waals surface area contributed by atoms with Crippen LogP contribution in [0.3, 0.4) is 0 Å². The molecule has 1 amide bonds. The zero-order valence-corrected chi connectivity index (χ0v) is 18.0. The summed E-state index contributed by atoms with van der Waals surface area (Å²) in [6.07, 6.45) is 2.47. The van der Waals surface area contributed by atoms with Crippen molar-refractivity contribution in [2.75, 3.05) is 19.8 Å². The number of hydrogen-bond acceptors (Lipinski definition) is 5. The van der Waals surface area contributed by atoms with E-state index < -0.39 is 5.60 Å². The third kappa shape index (κ3) is 4.19. The lowest BCUT2D eigenvalue weighted by Crippen LogP contribution is -2.30. The lowest BCUT2D eigenvalue weighted by molar-refractivity contribution is -0.128. The summed E-state index contributed by atoms with van der Waals surface area (Å²) in [5, 5.41) is 11.6. The number of nitrogens with two attached hydrogens (primary N) is 1. The van der Waals surface area contributed by atoms with E-state index in [1.54, 1.807) is 19.0 Å². The molecule has 2 aromatic heterocycles. The van der Waals surface area contributed by atoms with Crippen LogP contribution in [0.4, 0.5) is 5.82 Å². The number of aromatic nitrogens is 3. The Morgan fingerprint density at radius 1 is 1.28 bits per heavy atom. The molecule has 0 bridgehead atoms. The Labute approximate surface area is 171 Å². The standard InChI is InChI=1S/C22H31N5O2/c1-6-17-25-19-20(27(17)13-22(3,29)7-2)15-10-8-14(9-11-18(28)26(4)5)12-16(15)24-21(19)23/h8,10,12,29H,6-7,9,11,13H2,1-5H3,(H2,23,24). The van der Waals surface area contributed by atoms with Crippen LogP contribution in [0.2, 0.25) is 0 Å². The lowest BCUT2D eigenvalue weighted by Gasteiger charge is -2.23. The predicted molar refractivity (Wildman–Crippen MR) is 117 cm³/mol. The maximum atomic E-state index is 11.9. The first-order valence-electron chi connectivity index (χ1n) is 10.2. The molecule has 29 heavy (non-hydrogen) atoms. The first kappa shape index (κ1) is 21.0. The summed E-state index contributed by atoms with van der Waals surface area (Å²) in [5.41, 5.74) is 8.83. The Balaban J connectivity index is 2.12. The highest BCUT2D eigenvalue weighted by molar-refractivity contribution is 6.06. The van der Waals surface area contributed by atoms with Crippen LogP contribution in [0.25, 0.3) is 21.9 Å². The molecule has 7 heteroatoms. The lowest BCUT2D eigenvalue weighted by atomic mass is 10.0. The number of benzene rings is 1. The second kappa shape index (κ2) is 7.99. The Bertz CT molecular complexity index is 1050. The minimum Gasteiger partial charge on any atom is -0.388 e. The predicted octanol–water partition coefficient (Wildman–Crippen LogP) is 2.91. The van der Waals surface area contributed by atoms with Crippen molar-refractivity contribution < 1.29 is 9.90 Å². The van der Waals surface area contributed by atoms with E-state index in [4.69, 9.17) is 10.7 Å². The Morgan fingerprint density at radius 2 is 2.00 bits per heavy atom. The highest BCUT2D eigenvalue weighted by atomic mass is 16.3. The van der Waals surface area contributed by atoms with Gasteiger partial charge >= 0.3 is 0 Å². The summed E-state index contributed by atoms with van der Waals surface area (Å²) >= 11 is 0. The average molecular weight is 398 g/mol. The van der Waals surface area contributed by atoms with Crippen molar-refractivity contribution in [3.8, 4) is 0 Å². The Morgan fingerprint density at radius 3 is 2.62 bits per heavy atom. The fraction of sp³-hybridized carbons (Fsp3) is 0.500. The van der Waals surface area contributed by atoms with E-state index in [9.17, 15) is 9.90 Å². The quantitative estimate of drug-likeness (QED) is 0.639. The number of carbonyl (C=O) groups is 1. The third-order valence-corrected chi connectivity index (χ3v) is 5.55. The summed E-state index contributed by atoms with van der Waals surface area (Å²) in [6.45, 7) is 6.30. The van der Waals surface area contributed by atoms with Crippen molar-refractivity contribution in [1.29, 1.82) is 0 Å². The SMILES string of the molecule is CCc1nc2c(N)nc3cc(CCC(=O)N(C)C)ccc3c2n1CC(C)(O)CC. The van der Waals surface area contributed by atoms with E-state index in [1.165, 1.54) is 0 Å². The van der Waals surface area contributed by atoms with Gasteiger partial charge in [-0.1, -0.05) is 26.0 Å². The molecule has 1 atom stereocenters. The van der Waals surface area contributed by atoms with Gasteiger partial charge in [-0.25, -0.2) is 9.97 Å². The average Bonchev–Trinajstić information content (AvgIpc) is 3.04. The number of nitrogens with zero attached hydrogens (tertiary/aromatic N) is 4. The van der Waals surface area contributed by atoms with Gasteiger partial charge in [0.2, 0.25) is 5.91 Å². The van der Waals surface area contributed by atoms with Crippen molar-refractivity contribution in [3.05, 3.63) is 29.6 Å². The molecule has 1 aromatic carbocycles. The molecule has 0 radical (unpaired) electrons. The van der Waals surface area contributed by atoms with Gasteiger partial charge in [-0.3, -0.25) is 4.79 Å². The van der Waals surface area contributed by atoms with Crippen molar-refractivity contribution >= 4 is 33.7 Å². The van der Waals surface area contributed by atoms with Gasteiger partial charge < -0.3 is 20.3 Å². The van der Waals surface area contributed by atoms with Gasteiger partial charge in [0.05, 0.1) is 23.2 Å². The van der Waals surface area contributed by atoms with Crippen molar-refractivity contribution in [2.45, 2.75) is 58.6 Å². The van der Waals surface area contributed by atoms with Gasteiger partial charge in [0, 0.05) is 32.3 Å². The topological polar surface area (TPSA) is 97.3 Å². The largest absolute Gasteiger partial charge is 0.388 e. The minimum atomic E-state index is -0.839. The maximum Gasteiger partial charge on any atom is 0.222 e. The van der Waals surface area contributed by atoms with Crippen LogP contribution in [0, 0.1) is 0 Å². The molecule has 1 unspecified atom stereocenters. The van der Waals surface area contributed by atoms with Gasteiger partial charge in [-0.15, -0.1) is 0 Å². The molecule has 0 aliphatic heterocycles. The highest BCUT2D eigenvalue weighted by Crippen LogP contribution is 2.31. The molecular formula is C22H31N5O2. The number of anilines is 1. The van der Waals surface area contributed by atoms with Gasteiger partial charge in [-0.05, 0) is 31.4 Å². The van der Waals surface area contributed by atoms with E-state index in [1.807, 2.05) is 39.0 Å². The monoisotopic (exact) mass is 397 g/mol. The number of fused-ring (bicyclic) bond motifs is 3. The molecule has 0 spiro atoms. The van der Waals surface area contributed by atoms with Crippen LogP contribution in [-0.2, 0) is 24.2 Å². The van der Waals surface area contributed by atoms with Crippen molar-refractivity contribution in [2.24, 2.45) is 0 Å². The van der Waals surface area contributed by atoms with E-state index in [0.29, 0.717) is 37.1 Å². The summed E-state index contributed by atoms with van der Waals surface area (Å²) in [4.78, 5) is 22.8. The zero-order valence-electron chi connectivity index (χ0n) is 18.0. The van der Waals surface area contributed by atoms with Crippen LogP contribution >= 0.6 is 0 Å². The first-order valence-corrected chi connectivity index (χ1v) is 10.2. The minimum absolute atomic E-state index is 0.0977.